The van der Waals surface area contributed by atoms with Gasteiger partial charge in [0, 0.05) is 19.2 Å². The second kappa shape index (κ2) is 7.49. The summed E-state index contributed by atoms with van der Waals surface area (Å²) in [4.78, 5) is 29.4. The fraction of sp³-hybridized carbons (Fsp3) is 0.312. The predicted molar refractivity (Wildman–Crippen MR) is 89.1 cm³/mol. The fourth-order valence-corrected chi connectivity index (χ4v) is 3.19. The topological polar surface area (TPSA) is 98.2 Å². The number of hydrogen-bond donors (Lipinski definition) is 1. The molecule has 1 aromatic heterocycles. The molecule has 1 aromatic carbocycles. The van der Waals surface area contributed by atoms with E-state index in [4.69, 9.17) is 19.3 Å². The molecule has 8 nitrogen and oxygen atoms in total. The van der Waals surface area contributed by atoms with Gasteiger partial charge in [0.2, 0.25) is 6.79 Å². The lowest BCUT2D eigenvalue weighted by atomic mass is 10.2. The Morgan fingerprint density at radius 2 is 2.16 bits per heavy atom. The van der Waals surface area contributed by atoms with Crippen molar-refractivity contribution >= 4 is 23.2 Å². The zero-order valence-corrected chi connectivity index (χ0v) is 14.2. The first-order chi connectivity index (χ1) is 12.1. The number of carbonyl (C=O) groups is 2. The molecule has 3 rings (SSSR count). The number of rotatable bonds is 7. The third kappa shape index (κ3) is 3.89. The summed E-state index contributed by atoms with van der Waals surface area (Å²) in [7, 11) is 1.49. The average Bonchev–Trinajstić information content (AvgIpc) is 3.25. The van der Waals surface area contributed by atoms with Gasteiger partial charge in [0.15, 0.2) is 11.5 Å². The fourth-order valence-electron chi connectivity index (χ4n) is 2.31. The highest BCUT2D eigenvalue weighted by molar-refractivity contribution is 7.16. The molecule has 0 aliphatic carbocycles. The molecule has 0 saturated heterocycles. The first-order valence-electron chi connectivity index (χ1n) is 7.44. The lowest BCUT2D eigenvalue weighted by molar-refractivity contribution is -0.137. The molecule has 9 heteroatoms. The van der Waals surface area contributed by atoms with Crippen molar-refractivity contribution in [3.8, 4) is 22.1 Å². The maximum absolute atomic E-state index is 12.6. The molecule has 1 N–H and O–H groups in total. The van der Waals surface area contributed by atoms with E-state index in [0.717, 1.165) is 5.56 Å². The second-order valence-corrected chi connectivity index (χ2v) is 6.24. The smallest absolute Gasteiger partial charge is 0.323 e. The molecule has 0 fully saturated rings. The molecule has 2 heterocycles. The largest absolute Gasteiger partial charge is 0.480 e. The zero-order chi connectivity index (χ0) is 17.8. The van der Waals surface area contributed by atoms with Crippen LogP contribution in [-0.2, 0) is 9.53 Å². The lowest BCUT2D eigenvalue weighted by Crippen LogP contribution is -2.37. The normalized spacial score (nSPS) is 12.2. The molecule has 0 spiro atoms. The van der Waals surface area contributed by atoms with Crippen LogP contribution >= 0.6 is 11.3 Å². The van der Waals surface area contributed by atoms with Crippen LogP contribution in [0.2, 0.25) is 0 Å². The van der Waals surface area contributed by atoms with Crippen molar-refractivity contribution in [1.29, 1.82) is 0 Å². The molecule has 0 atom stereocenters. The number of carboxylic acid groups (broad SMARTS) is 1. The van der Waals surface area contributed by atoms with Crippen molar-refractivity contribution in [2.45, 2.75) is 0 Å². The summed E-state index contributed by atoms with van der Waals surface area (Å²) in [5, 5.41) is 9.62. The Balaban J connectivity index is 1.79. The maximum atomic E-state index is 12.6. The molecular formula is C16H16N2O6S. The molecule has 1 aliphatic rings. The molecule has 2 aromatic rings. The molecule has 0 unspecified atom stereocenters. The van der Waals surface area contributed by atoms with E-state index in [-0.39, 0.29) is 32.4 Å². The summed E-state index contributed by atoms with van der Waals surface area (Å²) in [6.45, 7) is 0.245. The van der Waals surface area contributed by atoms with E-state index in [1.54, 1.807) is 12.1 Å². The molecule has 132 valence electrons. The number of amides is 1. The van der Waals surface area contributed by atoms with Crippen LogP contribution in [0.1, 0.15) is 9.67 Å². The number of ether oxygens (including phenoxy) is 3. The molecule has 1 aliphatic heterocycles. The van der Waals surface area contributed by atoms with E-state index in [0.29, 0.717) is 21.4 Å². The second-order valence-electron chi connectivity index (χ2n) is 5.21. The Bertz CT molecular complexity index is 791. The van der Waals surface area contributed by atoms with E-state index in [1.165, 1.54) is 29.5 Å². The quantitative estimate of drug-likeness (QED) is 0.798. The summed E-state index contributed by atoms with van der Waals surface area (Å²) in [6.07, 6.45) is 1.45. The highest BCUT2D eigenvalue weighted by Gasteiger charge is 2.22. The number of benzene rings is 1. The number of nitrogens with zero attached hydrogens (tertiary/aromatic N) is 2. The molecule has 0 radical (unpaired) electrons. The summed E-state index contributed by atoms with van der Waals surface area (Å²) in [5.41, 5.74) is 0.801. The van der Waals surface area contributed by atoms with Gasteiger partial charge < -0.3 is 24.2 Å². The Kier molecular flexibility index (Phi) is 5.15. The Morgan fingerprint density at radius 3 is 2.92 bits per heavy atom. The highest BCUT2D eigenvalue weighted by atomic mass is 32.1. The van der Waals surface area contributed by atoms with Crippen molar-refractivity contribution in [2.24, 2.45) is 0 Å². The first-order valence-corrected chi connectivity index (χ1v) is 8.26. The third-order valence-corrected chi connectivity index (χ3v) is 4.55. The molecule has 0 saturated carbocycles. The lowest BCUT2D eigenvalue weighted by Gasteiger charge is -2.19. The van der Waals surface area contributed by atoms with Crippen LogP contribution in [0.5, 0.6) is 11.5 Å². The molecule has 0 bridgehead atoms. The number of carbonyl (C=O) groups excluding carboxylic acids is 1. The minimum Gasteiger partial charge on any atom is -0.480 e. The van der Waals surface area contributed by atoms with E-state index in [2.05, 4.69) is 4.98 Å². The first kappa shape index (κ1) is 17.2. The average molecular weight is 364 g/mol. The minimum absolute atomic E-state index is 0.185. The zero-order valence-electron chi connectivity index (χ0n) is 13.4. The Hall–Kier alpha value is -2.65. The summed E-state index contributed by atoms with van der Waals surface area (Å²) in [5.74, 6) is -0.161. The third-order valence-electron chi connectivity index (χ3n) is 3.51. The highest BCUT2D eigenvalue weighted by Crippen LogP contribution is 2.37. The van der Waals surface area contributed by atoms with Gasteiger partial charge in [0.25, 0.3) is 5.91 Å². The van der Waals surface area contributed by atoms with Crippen LogP contribution in [0, 0.1) is 0 Å². The van der Waals surface area contributed by atoms with Crippen molar-refractivity contribution in [3.05, 3.63) is 29.3 Å². The van der Waals surface area contributed by atoms with Crippen LogP contribution in [0.25, 0.3) is 10.6 Å². The van der Waals surface area contributed by atoms with Gasteiger partial charge in [-0.1, -0.05) is 0 Å². The van der Waals surface area contributed by atoms with Crippen molar-refractivity contribution in [2.75, 3.05) is 33.6 Å². The van der Waals surface area contributed by atoms with Crippen LogP contribution in [0.15, 0.2) is 24.4 Å². The van der Waals surface area contributed by atoms with Crippen molar-refractivity contribution < 1.29 is 28.9 Å². The van der Waals surface area contributed by atoms with Crippen molar-refractivity contribution in [3.63, 3.8) is 0 Å². The Labute approximate surface area is 147 Å². The monoisotopic (exact) mass is 364 g/mol. The van der Waals surface area contributed by atoms with Gasteiger partial charge in [-0.25, -0.2) is 4.98 Å². The standard InChI is InChI=1S/C16H16N2O6S/c1-22-5-4-18(8-14(19)20)16(21)13-7-17-15(25-13)10-2-3-11-12(6-10)24-9-23-11/h2-3,6-7H,4-5,8-9H2,1H3,(H,19,20). The molecular weight excluding hydrogens is 348 g/mol. The number of aromatic nitrogens is 1. The number of thiazole rings is 1. The number of fused-ring (bicyclic) bond motifs is 1. The van der Waals surface area contributed by atoms with Crippen LogP contribution in [0.3, 0.4) is 0 Å². The SMILES string of the molecule is COCCN(CC(=O)O)C(=O)c1cnc(-c2ccc3c(c2)OCO3)s1. The van der Waals surface area contributed by atoms with Crippen LogP contribution in [-0.4, -0.2) is 60.5 Å². The number of methoxy groups -OCH3 is 1. The molecule has 25 heavy (non-hydrogen) atoms. The van der Waals surface area contributed by atoms with Gasteiger partial charge in [-0.2, -0.15) is 0 Å². The van der Waals surface area contributed by atoms with Crippen LogP contribution < -0.4 is 9.47 Å². The summed E-state index contributed by atoms with van der Waals surface area (Å²) >= 11 is 1.20. The van der Waals surface area contributed by atoms with Gasteiger partial charge in [-0.05, 0) is 18.2 Å². The summed E-state index contributed by atoms with van der Waals surface area (Å²) < 4.78 is 15.5. The van der Waals surface area contributed by atoms with Crippen LogP contribution in [0.4, 0.5) is 0 Å². The summed E-state index contributed by atoms with van der Waals surface area (Å²) in [6, 6.07) is 5.42. The van der Waals surface area contributed by atoms with Gasteiger partial charge in [-0.3, -0.25) is 9.59 Å². The van der Waals surface area contributed by atoms with Gasteiger partial charge >= 0.3 is 5.97 Å². The van der Waals surface area contributed by atoms with E-state index >= 15 is 0 Å². The Morgan fingerprint density at radius 1 is 1.36 bits per heavy atom. The molecule has 1 amide bonds. The predicted octanol–water partition coefficient (Wildman–Crippen LogP) is 1.71. The van der Waals surface area contributed by atoms with E-state index in [1.807, 2.05) is 6.07 Å². The van der Waals surface area contributed by atoms with Gasteiger partial charge in [0.1, 0.15) is 16.4 Å². The van der Waals surface area contributed by atoms with Crippen molar-refractivity contribution in [1.82, 2.24) is 9.88 Å². The maximum Gasteiger partial charge on any atom is 0.323 e. The number of hydrogen-bond acceptors (Lipinski definition) is 7. The number of aliphatic carboxylic acids is 1. The minimum atomic E-state index is -1.08. The number of carboxylic acids is 1. The van der Waals surface area contributed by atoms with E-state index in [9.17, 15) is 9.59 Å². The van der Waals surface area contributed by atoms with Gasteiger partial charge in [0.05, 0.1) is 12.8 Å². The van der Waals surface area contributed by atoms with E-state index < -0.39 is 5.97 Å². The van der Waals surface area contributed by atoms with Gasteiger partial charge in [-0.15, -0.1) is 11.3 Å².